The summed E-state index contributed by atoms with van der Waals surface area (Å²) >= 11 is 0. The van der Waals surface area contributed by atoms with E-state index in [1.807, 2.05) is 11.1 Å². The summed E-state index contributed by atoms with van der Waals surface area (Å²) in [5.74, 6) is 2.45. The fourth-order valence-corrected chi connectivity index (χ4v) is 3.46. The monoisotopic (exact) mass is 310 g/mol. The lowest BCUT2D eigenvalue weighted by Gasteiger charge is -2.32. The molecule has 23 heavy (non-hydrogen) atoms. The van der Waals surface area contributed by atoms with Gasteiger partial charge >= 0.3 is 0 Å². The van der Waals surface area contributed by atoms with Gasteiger partial charge in [0.1, 0.15) is 5.82 Å². The van der Waals surface area contributed by atoms with Gasteiger partial charge in [0.2, 0.25) is 0 Å². The number of likely N-dealkylation sites (tertiary alicyclic amines) is 1. The van der Waals surface area contributed by atoms with Crippen molar-refractivity contribution in [2.45, 2.75) is 38.1 Å². The van der Waals surface area contributed by atoms with Crippen LogP contribution >= 0.6 is 0 Å². The molecule has 1 atom stereocenters. The van der Waals surface area contributed by atoms with Crippen LogP contribution in [0.2, 0.25) is 0 Å². The van der Waals surface area contributed by atoms with Crippen LogP contribution in [0.4, 0.5) is 0 Å². The molecular weight excluding hydrogens is 288 g/mol. The van der Waals surface area contributed by atoms with Gasteiger partial charge in [0, 0.05) is 55.9 Å². The van der Waals surface area contributed by atoms with E-state index in [1.165, 1.54) is 12.8 Å². The molecule has 2 fully saturated rings. The first-order chi connectivity index (χ1) is 11.3. The van der Waals surface area contributed by atoms with E-state index in [0.717, 1.165) is 49.8 Å². The summed E-state index contributed by atoms with van der Waals surface area (Å²) in [7, 11) is 0. The molecule has 1 aliphatic carbocycles. The summed E-state index contributed by atoms with van der Waals surface area (Å²) in [6.07, 6.45) is 12.2. The van der Waals surface area contributed by atoms with Crippen LogP contribution in [-0.4, -0.2) is 38.4 Å². The first-order valence-corrected chi connectivity index (χ1v) is 8.51. The molecule has 5 heteroatoms. The normalized spacial score (nSPS) is 21.4. The molecule has 0 N–H and O–H groups in total. The van der Waals surface area contributed by atoms with Crippen LogP contribution in [0.25, 0.3) is 0 Å². The molecule has 2 aromatic rings. The lowest BCUT2D eigenvalue weighted by Crippen LogP contribution is -2.39. The number of aromatic nitrogens is 3. The van der Waals surface area contributed by atoms with Gasteiger partial charge in [0.15, 0.2) is 0 Å². The van der Waals surface area contributed by atoms with Gasteiger partial charge in [-0.2, -0.15) is 0 Å². The third-order valence-corrected chi connectivity index (χ3v) is 4.90. The van der Waals surface area contributed by atoms with Gasteiger partial charge in [-0.05, 0) is 43.7 Å². The minimum absolute atomic E-state index is 0.109. The highest BCUT2D eigenvalue weighted by atomic mass is 16.2. The second-order valence-electron chi connectivity index (χ2n) is 6.71. The van der Waals surface area contributed by atoms with Gasteiger partial charge in [-0.15, -0.1) is 0 Å². The van der Waals surface area contributed by atoms with Crippen LogP contribution < -0.4 is 0 Å². The van der Waals surface area contributed by atoms with Crippen LogP contribution in [-0.2, 0) is 6.54 Å². The van der Waals surface area contributed by atoms with E-state index in [2.05, 4.69) is 20.7 Å². The standard InChI is InChI=1S/C18H22N4O/c23-18(15-5-7-19-8-6-15)22-10-1-2-16(13-22)17-20-9-11-21(17)12-14-3-4-14/h5-9,11,14,16H,1-4,10,12-13H2/t16-/m0/s1. The third kappa shape index (κ3) is 3.14. The number of carbonyl (C=O) groups is 1. The van der Waals surface area contributed by atoms with Gasteiger partial charge in [0.25, 0.3) is 5.91 Å². The average molecular weight is 310 g/mol. The Morgan fingerprint density at radius 2 is 2.00 bits per heavy atom. The average Bonchev–Trinajstić information content (AvgIpc) is 3.30. The largest absolute Gasteiger partial charge is 0.338 e. The maximum Gasteiger partial charge on any atom is 0.253 e. The quantitative estimate of drug-likeness (QED) is 0.872. The summed E-state index contributed by atoms with van der Waals surface area (Å²) in [5, 5.41) is 0. The van der Waals surface area contributed by atoms with E-state index in [0.29, 0.717) is 5.92 Å². The van der Waals surface area contributed by atoms with Gasteiger partial charge in [-0.25, -0.2) is 4.98 Å². The highest BCUT2D eigenvalue weighted by molar-refractivity contribution is 5.94. The summed E-state index contributed by atoms with van der Waals surface area (Å²) < 4.78 is 2.31. The topological polar surface area (TPSA) is 51.0 Å². The number of carbonyl (C=O) groups excluding carboxylic acids is 1. The molecule has 1 amide bonds. The van der Waals surface area contributed by atoms with Crippen LogP contribution in [0.5, 0.6) is 0 Å². The van der Waals surface area contributed by atoms with Crippen LogP contribution in [0.1, 0.15) is 47.8 Å². The molecule has 120 valence electrons. The first-order valence-electron chi connectivity index (χ1n) is 8.51. The zero-order valence-corrected chi connectivity index (χ0v) is 13.3. The Morgan fingerprint density at radius 3 is 2.78 bits per heavy atom. The molecule has 2 aliphatic rings. The van der Waals surface area contributed by atoms with E-state index in [-0.39, 0.29) is 5.91 Å². The number of imidazole rings is 1. The fraction of sp³-hybridized carbons (Fsp3) is 0.500. The number of rotatable bonds is 4. The van der Waals surface area contributed by atoms with E-state index in [1.54, 1.807) is 24.5 Å². The van der Waals surface area contributed by atoms with Gasteiger partial charge < -0.3 is 9.47 Å². The van der Waals surface area contributed by atoms with Crippen molar-refractivity contribution >= 4 is 5.91 Å². The number of nitrogens with zero attached hydrogens (tertiary/aromatic N) is 4. The minimum atomic E-state index is 0.109. The van der Waals surface area contributed by atoms with Crippen molar-refractivity contribution < 1.29 is 4.79 Å². The lowest BCUT2D eigenvalue weighted by atomic mass is 9.96. The summed E-state index contributed by atoms with van der Waals surface area (Å²) in [6.45, 7) is 2.69. The fourth-order valence-electron chi connectivity index (χ4n) is 3.46. The molecule has 0 spiro atoms. The van der Waals surface area contributed by atoms with Crippen molar-refractivity contribution in [3.8, 4) is 0 Å². The van der Waals surface area contributed by atoms with Crippen molar-refractivity contribution in [3.63, 3.8) is 0 Å². The smallest absolute Gasteiger partial charge is 0.253 e. The SMILES string of the molecule is O=C(c1ccncc1)N1CCC[C@H](c2nccn2CC2CC2)C1. The lowest BCUT2D eigenvalue weighted by molar-refractivity contribution is 0.0703. The Bertz CT molecular complexity index is 677. The van der Waals surface area contributed by atoms with Crippen LogP contribution in [0.3, 0.4) is 0 Å². The predicted octanol–water partition coefficient (Wildman–Crippen LogP) is 2.71. The van der Waals surface area contributed by atoms with Crippen LogP contribution in [0, 0.1) is 5.92 Å². The molecule has 0 unspecified atom stereocenters. The maximum absolute atomic E-state index is 12.7. The molecule has 3 heterocycles. The Morgan fingerprint density at radius 1 is 1.17 bits per heavy atom. The predicted molar refractivity (Wildman–Crippen MR) is 87.1 cm³/mol. The number of piperidine rings is 1. The summed E-state index contributed by atoms with van der Waals surface area (Å²) in [4.78, 5) is 23.2. The van der Waals surface area contributed by atoms with E-state index in [4.69, 9.17) is 0 Å². The second-order valence-corrected chi connectivity index (χ2v) is 6.71. The van der Waals surface area contributed by atoms with Crippen molar-refractivity contribution in [3.05, 3.63) is 48.3 Å². The van der Waals surface area contributed by atoms with E-state index >= 15 is 0 Å². The molecule has 0 bridgehead atoms. The van der Waals surface area contributed by atoms with Gasteiger partial charge in [-0.1, -0.05) is 0 Å². The Labute approximate surface area is 136 Å². The third-order valence-electron chi connectivity index (χ3n) is 4.90. The highest BCUT2D eigenvalue weighted by Crippen LogP contribution is 2.33. The number of hydrogen-bond acceptors (Lipinski definition) is 3. The van der Waals surface area contributed by atoms with Crippen molar-refractivity contribution in [1.82, 2.24) is 19.4 Å². The number of amides is 1. The molecule has 2 aromatic heterocycles. The molecule has 5 nitrogen and oxygen atoms in total. The molecule has 1 saturated carbocycles. The molecule has 1 aliphatic heterocycles. The Balaban J connectivity index is 1.49. The second kappa shape index (κ2) is 6.14. The molecule has 0 aromatic carbocycles. The molecule has 1 saturated heterocycles. The number of pyridine rings is 1. The van der Waals surface area contributed by atoms with Gasteiger partial charge in [0.05, 0.1) is 0 Å². The minimum Gasteiger partial charge on any atom is -0.338 e. The van der Waals surface area contributed by atoms with Crippen LogP contribution in [0.15, 0.2) is 36.9 Å². The number of hydrogen-bond donors (Lipinski definition) is 0. The van der Waals surface area contributed by atoms with Gasteiger partial charge in [-0.3, -0.25) is 9.78 Å². The zero-order chi connectivity index (χ0) is 15.6. The zero-order valence-electron chi connectivity index (χ0n) is 13.3. The van der Waals surface area contributed by atoms with E-state index in [9.17, 15) is 4.79 Å². The highest BCUT2D eigenvalue weighted by Gasteiger charge is 2.29. The van der Waals surface area contributed by atoms with Crippen molar-refractivity contribution in [2.75, 3.05) is 13.1 Å². The first kappa shape index (κ1) is 14.4. The van der Waals surface area contributed by atoms with E-state index < -0.39 is 0 Å². The van der Waals surface area contributed by atoms with Crippen molar-refractivity contribution in [1.29, 1.82) is 0 Å². The summed E-state index contributed by atoms with van der Waals surface area (Å²) in [6, 6.07) is 3.58. The summed E-state index contributed by atoms with van der Waals surface area (Å²) in [5.41, 5.74) is 0.724. The molecule has 4 rings (SSSR count). The Hall–Kier alpha value is -2.17. The molecule has 0 radical (unpaired) electrons. The molecular formula is C18H22N4O. The van der Waals surface area contributed by atoms with Crippen molar-refractivity contribution in [2.24, 2.45) is 5.92 Å². The Kier molecular flexibility index (Phi) is 3.85. The maximum atomic E-state index is 12.7.